The van der Waals surface area contributed by atoms with Gasteiger partial charge in [-0.15, -0.1) is 0 Å². The van der Waals surface area contributed by atoms with Crippen LogP contribution in [0.3, 0.4) is 0 Å². The summed E-state index contributed by atoms with van der Waals surface area (Å²) < 4.78 is 31.5. The predicted octanol–water partition coefficient (Wildman–Crippen LogP) is 4.24. The summed E-state index contributed by atoms with van der Waals surface area (Å²) in [6, 6.07) is 8.31. The molecule has 0 fully saturated rings. The summed E-state index contributed by atoms with van der Waals surface area (Å²) in [6.07, 6.45) is 5.24. The van der Waals surface area contributed by atoms with E-state index in [-0.39, 0.29) is 10.6 Å². The number of phenolic OH excluding ortho intramolecular Hbond substituents is 1. The number of aryl methyl sites for hydroxylation is 3. The minimum absolute atomic E-state index is 0.0700. The lowest BCUT2D eigenvalue weighted by Crippen LogP contribution is -2.18. The van der Waals surface area contributed by atoms with Gasteiger partial charge < -0.3 is 9.52 Å². The Bertz CT molecular complexity index is 1180. The highest BCUT2D eigenvalue weighted by Gasteiger charge is 2.23. The van der Waals surface area contributed by atoms with E-state index in [1.54, 1.807) is 18.2 Å². The van der Waals surface area contributed by atoms with Crippen LogP contribution in [0.15, 0.2) is 44.7 Å². The lowest BCUT2D eigenvalue weighted by atomic mass is 9.94. The van der Waals surface area contributed by atoms with Gasteiger partial charge in [0, 0.05) is 22.9 Å². The first-order valence-corrected chi connectivity index (χ1v) is 11.5. The van der Waals surface area contributed by atoms with Crippen LogP contribution in [0.4, 0.5) is 0 Å². The van der Waals surface area contributed by atoms with Gasteiger partial charge >= 0.3 is 0 Å². The fourth-order valence-corrected chi connectivity index (χ4v) is 4.84. The minimum atomic E-state index is -3.78. The number of nitrogens with zero attached hydrogens (tertiary/aromatic N) is 1. The normalized spacial score (nSPS) is 14.5. The van der Waals surface area contributed by atoms with Crippen LogP contribution in [0.1, 0.15) is 35.3 Å². The SMILES string of the molecule is Cc1ccc(S(=O)(=O)NN=Cc2c(O)c(I)cc3oc4c(c23)CCCC4)cc1. The van der Waals surface area contributed by atoms with E-state index in [1.165, 1.54) is 18.3 Å². The number of fused-ring (bicyclic) bond motifs is 3. The van der Waals surface area contributed by atoms with Crippen molar-refractivity contribution in [1.82, 2.24) is 4.83 Å². The zero-order valence-electron chi connectivity index (χ0n) is 15.2. The first-order valence-electron chi connectivity index (χ1n) is 8.94. The summed E-state index contributed by atoms with van der Waals surface area (Å²) in [7, 11) is -3.78. The fraction of sp³-hybridized carbons (Fsp3) is 0.250. The molecule has 4 rings (SSSR count). The largest absolute Gasteiger partial charge is 0.506 e. The molecule has 0 unspecified atom stereocenters. The molecule has 0 aliphatic heterocycles. The Labute approximate surface area is 176 Å². The minimum Gasteiger partial charge on any atom is -0.506 e. The maximum atomic E-state index is 12.4. The highest BCUT2D eigenvalue weighted by Crippen LogP contribution is 2.39. The molecule has 1 heterocycles. The van der Waals surface area contributed by atoms with E-state index < -0.39 is 10.0 Å². The van der Waals surface area contributed by atoms with Crippen molar-refractivity contribution in [2.75, 3.05) is 0 Å². The summed E-state index contributed by atoms with van der Waals surface area (Å²) in [5.74, 6) is 1.01. The van der Waals surface area contributed by atoms with Crippen LogP contribution in [0, 0.1) is 10.5 Å². The van der Waals surface area contributed by atoms with E-state index in [2.05, 4.69) is 9.93 Å². The number of phenols is 1. The highest BCUT2D eigenvalue weighted by molar-refractivity contribution is 14.1. The number of aromatic hydroxyl groups is 1. The van der Waals surface area contributed by atoms with Crippen molar-refractivity contribution in [3.8, 4) is 5.75 Å². The molecule has 6 nitrogen and oxygen atoms in total. The van der Waals surface area contributed by atoms with Crippen molar-refractivity contribution in [3.63, 3.8) is 0 Å². The molecule has 0 spiro atoms. The van der Waals surface area contributed by atoms with Crippen LogP contribution in [-0.2, 0) is 22.9 Å². The Morgan fingerprint density at radius 1 is 1.21 bits per heavy atom. The number of rotatable bonds is 4. The quantitative estimate of drug-likeness (QED) is 0.312. The third-order valence-electron chi connectivity index (χ3n) is 4.90. The van der Waals surface area contributed by atoms with Gasteiger partial charge in [-0.3, -0.25) is 0 Å². The van der Waals surface area contributed by atoms with Crippen molar-refractivity contribution >= 4 is 49.8 Å². The number of benzene rings is 2. The first-order chi connectivity index (χ1) is 13.4. The monoisotopic (exact) mass is 510 g/mol. The summed E-state index contributed by atoms with van der Waals surface area (Å²) in [5, 5.41) is 15.3. The van der Waals surface area contributed by atoms with Crippen LogP contribution in [0.5, 0.6) is 5.75 Å². The van der Waals surface area contributed by atoms with Crippen molar-refractivity contribution in [3.05, 3.63) is 56.4 Å². The summed E-state index contributed by atoms with van der Waals surface area (Å²) in [6.45, 7) is 1.89. The van der Waals surface area contributed by atoms with E-state index in [9.17, 15) is 13.5 Å². The molecule has 0 bridgehead atoms. The topological polar surface area (TPSA) is 91.9 Å². The molecule has 28 heavy (non-hydrogen) atoms. The van der Waals surface area contributed by atoms with Gasteiger partial charge in [0.15, 0.2) is 0 Å². The second kappa shape index (κ2) is 7.40. The highest BCUT2D eigenvalue weighted by atomic mass is 127. The zero-order chi connectivity index (χ0) is 19.9. The number of halogens is 1. The molecule has 0 atom stereocenters. The zero-order valence-corrected chi connectivity index (χ0v) is 18.2. The molecule has 2 aromatic carbocycles. The third-order valence-corrected chi connectivity index (χ3v) is 6.97. The van der Waals surface area contributed by atoms with Gasteiger partial charge in [-0.2, -0.15) is 13.5 Å². The Kier molecular flexibility index (Phi) is 5.09. The Morgan fingerprint density at radius 2 is 1.93 bits per heavy atom. The molecule has 1 aliphatic rings. The molecular weight excluding hydrogens is 491 g/mol. The van der Waals surface area contributed by atoms with Gasteiger partial charge in [0.05, 0.1) is 14.7 Å². The second-order valence-corrected chi connectivity index (χ2v) is 9.69. The first kappa shape index (κ1) is 19.3. The predicted molar refractivity (Wildman–Crippen MR) is 116 cm³/mol. The summed E-state index contributed by atoms with van der Waals surface area (Å²) >= 11 is 2.03. The van der Waals surface area contributed by atoms with Gasteiger partial charge in [-0.1, -0.05) is 17.7 Å². The number of hydrogen-bond acceptors (Lipinski definition) is 5. The second-order valence-electron chi connectivity index (χ2n) is 6.87. The fourth-order valence-electron chi connectivity index (χ4n) is 3.47. The molecule has 0 amide bonds. The Balaban J connectivity index is 1.72. The number of nitrogens with one attached hydrogen (secondary N) is 1. The number of hydrogen-bond donors (Lipinski definition) is 2. The molecule has 1 aromatic heterocycles. The Morgan fingerprint density at radius 3 is 2.68 bits per heavy atom. The maximum Gasteiger partial charge on any atom is 0.276 e. The number of furan rings is 1. The van der Waals surface area contributed by atoms with Gasteiger partial charge in [0.1, 0.15) is 17.1 Å². The molecule has 0 radical (unpaired) electrons. The van der Waals surface area contributed by atoms with Crippen molar-refractivity contribution in [2.24, 2.45) is 5.10 Å². The average Bonchev–Trinajstić information content (AvgIpc) is 3.03. The molecule has 0 saturated heterocycles. The standard InChI is InChI=1S/C20H19IN2O4S/c1-12-6-8-13(9-7-12)28(25,26)23-22-11-15-19-14-4-2-3-5-17(14)27-18(19)10-16(21)20(15)24/h6-11,23-24H,2-5H2,1H3. The summed E-state index contributed by atoms with van der Waals surface area (Å²) in [5.41, 5.74) is 3.21. The van der Waals surface area contributed by atoms with Crippen LogP contribution in [0.2, 0.25) is 0 Å². The molecule has 0 saturated carbocycles. The number of hydrazone groups is 1. The van der Waals surface area contributed by atoms with Gasteiger partial charge in [0.25, 0.3) is 10.0 Å². The molecule has 3 aromatic rings. The molecule has 146 valence electrons. The molecule has 8 heteroatoms. The van der Waals surface area contributed by atoms with Crippen LogP contribution in [0.25, 0.3) is 11.0 Å². The van der Waals surface area contributed by atoms with Crippen molar-refractivity contribution < 1.29 is 17.9 Å². The van der Waals surface area contributed by atoms with E-state index >= 15 is 0 Å². The lowest BCUT2D eigenvalue weighted by molar-refractivity contribution is 0.470. The maximum absolute atomic E-state index is 12.4. The van der Waals surface area contributed by atoms with Gasteiger partial charge in [0.2, 0.25) is 0 Å². The van der Waals surface area contributed by atoms with E-state index in [4.69, 9.17) is 4.42 Å². The van der Waals surface area contributed by atoms with Gasteiger partial charge in [-0.25, -0.2) is 4.83 Å². The molecular formula is C20H19IN2O4S. The smallest absolute Gasteiger partial charge is 0.276 e. The van der Waals surface area contributed by atoms with Crippen molar-refractivity contribution in [1.29, 1.82) is 0 Å². The van der Waals surface area contributed by atoms with E-state index in [1.807, 2.05) is 29.5 Å². The van der Waals surface area contributed by atoms with E-state index in [0.717, 1.165) is 48.0 Å². The van der Waals surface area contributed by atoms with Crippen LogP contribution >= 0.6 is 22.6 Å². The Hall–Kier alpha value is -2.07. The van der Waals surface area contributed by atoms with Gasteiger partial charge in [-0.05, 0) is 67.0 Å². The van der Waals surface area contributed by atoms with Crippen LogP contribution < -0.4 is 4.83 Å². The number of sulfonamides is 1. The third kappa shape index (κ3) is 3.50. The molecule has 2 N–H and O–H groups in total. The van der Waals surface area contributed by atoms with Crippen LogP contribution in [-0.4, -0.2) is 19.7 Å². The van der Waals surface area contributed by atoms with Crippen molar-refractivity contribution in [2.45, 2.75) is 37.5 Å². The van der Waals surface area contributed by atoms with E-state index in [0.29, 0.717) is 14.7 Å². The molecule has 1 aliphatic carbocycles. The summed E-state index contributed by atoms with van der Waals surface area (Å²) in [4.78, 5) is 2.36. The average molecular weight is 510 g/mol. The lowest BCUT2D eigenvalue weighted by Gasteiger charge is -2.10.